The predicted molar refractivity (Wildman–Crippen MR) is 96.4 cm³/mol. The molecule has 0 radical (unpaired) electrons. The summed E-state index contributed by atoms with van der Waals surface area (Å²) >= 11 is 5.68. The molecule has 27 heavy (non-hydrogen) atoms. The van der Waals surface area contributed by atoms with Gasteiger partial charge in [0.1, 0.15) is 11.6 Å². The lowest BCUT2D eigenvalue weighted by atomic mass is 10.0. The molecule has 1 aromatic carbocycles. The van der Waals surface area contributed by atoms with E-state index in [1.54, 1.807) is 4.90 Å². The van der Waals surface area contributed by atoms with Gasteiger partial charge in [-0.1, -0.05) is 18.5 Å². The Morgan fingerprint density at radius 1 is 1.41 bits per heavy atom. The second-order valence-electron chi connectivity index (χ2n) is 6.35. The fourth-order valence-corrected chi connectivity index (χ4v) is 2.94. The number of carbonyl (C=O) groups excluding carboxylic acids is 3. The number of ether oxygens (including phenoxy) is 1. The highest BCUT2D eigenvalue weighted by Gasteiger charge is 2.22. The van der Waals surface area contributed by atoms with Gasteiger partial charge < -0.3 is 15.0 Å². The van der Waals surface area contributed by atoms with E-state index < -0.39 is 29.0 Å². The van der Waals surface area contributed by atoms with Gasteiger partial charge in [0.2, 0.25) is 0 Å². The van der Waals surface area contributed by atoms with Crippen LogP contribution in [0.4, 0.5) is 5.69 Å². The van der Waals surface area contributed by atoms with E-state index in [1.807, 2.05) is 0 Å². The van der Waals surface area contributed by atoms with Crippen LogP contribution in [0.3, 0.4) is 0 Å². The molecule has 2 amide bonds. The molecular weight excluding hydrogens is 378 g/mol. The summed E-state index contributed by atoms with van der Waals surface area (Å²) in [5.74, 6) is -1.32. The molecule has 0 spiro atoms. The topological polar surface area (TPSA) is 119 Å². The molecule has 2 rings (SSSR count). The zero-order chi connectivity index (χ0) is 20.0. The van der Waals surface area contributed by atoms with E-state index in [1.165, 1.54) is 12.1 Å². The monoisotopic (exact) mass is 397 g/mol. The standard InChI is InChI=1S/C17H20ClN3O6/c1-11-3-2-6-20(9-11)15(22)10-27-16(23)8-19-17(24)12-4-5-13(18)14(7-12)21(25)26/h4-5,7,11H,2-3,6,8-10H2,1H3,(H,19,24). The van der Waals surface area contributed by atoms with Gasteiger partial charge in [0.05, 0.1) is 4.92 Å². The smallest absolute Gasteiger partial charge is 0.325 e. The number of carbonyl (C=O) groups is 3. The summed E-state index contributed by atoms with van der Waals surface area (Å²) in [6.45, 7) is 2.50. The number of esters is 1. The average Bonchev–Trinajstić information content (AvgIpc) is 2.64. The van der Waals surface area contributed by atoms with Crippen molar-refractivity contribution in [3.8, 4) is 0 Å². The van der Waals surface area contributed by atoms with E-state index in [-0.39, 0.29) is 23.1 Å². The Balaban J connectivity index is 1.79. The van der Waals surface area contributed by atoms with Crippen molar-refractivity contribution in [1.29, 1.82) is 0 Å². The van der Waals surface area contributed by atoms with Gasteiger partial charge in [0, 0.05) is 24.7 Å². The number of nitro groups is 1. The number of nitrogens with one attached hydrogen (secondary N) is 1. The lowest BCUT2D eigenvalue weighted by Crippen LogP contribution is -2.42. The molecule has 1 aromatic rings. The third-order valence-corrected chi connectivity index (χ3v) is 4.48. The van der Waals surface area contributed by atoms with Crippen LogP contribution in [0.15, 0.2) is 18.2 Å². The highest BCUT2D eigenvalue weighted by atomic mass is 35.5. The summed E-state index contributed by atoms with van der Waals surface area (Å²) < 4.78 is 4.89. The molecule has 0 saturated carbocycles. The molecule has 1 fully saturated rings. The SMILES string of the molecule is CC1CCCN(C(=O)COC(=O)CNC(=O)c2ccc(Cl)c([N+](=O)[O-])c2)C1. The molecule has 0 aromatic heterocycles. The number of hydrogen-bond donors (Lipinski definition) is 1. The second kappa shape index (κ2) is 9.31. The maximum Gasteiger partial charge on any atom is 0.325 e. The first-order valence-electron chi connectivity index (χ1n) is 8.43. The number of likely N-dealkylation sites (tertiary alicyclic amines) is 1. The first kappa shape index (κ1) is 20.6. The van der Waals surface area contributed by atoms with E-state index in [9.17, 15) is 24.5 Å². The van der Waals surface area contributed by atoms with E-state index in [0.717, 1.165) is 18.9 Å². The Kier molecular flexibility index (Phi) is 7.12. The zero-order valence-corrected chi connectivity index (χ0v) is 15.5. The largest absolute Gasteiger partial charge is 0.454 e. The predicted octanol–water partition coefficient (Wildman–Crippen LogP) is 1.78. The van der Waals surface area contributed by atoms with Gasteiger partial charge in [-0.25, -0.2) is 0 Å². The third-order valence-electron chi connectivity index (χ3n) is 4.16. The van der Waals surface area contributed by atoms with Gasteiger partial charge in [0.15, 0.2) is 6.61 Å². The summed E-state index contributed by atoms with van der Waals surface area (Å²) in [5.41, 5.74) is -0.425. The number of hydrogen-bond acceptors (Lipinski definition) is 6. The van der Waals surface area contributed by atoms with Crippen LogP contribution in [0.25, 0.3) is 0 Å². The van der Waals surface area contributed by atoms with Crippen LogP contribution < -0.4 is 5.32 Å². The quantitative estimate of drug-likeness (QED) is 0.444. The molecule has 0 bridgehead atoms. The Morgan fingerprint density at radius 3 is 2.81 bits per heavy atom. The number of benzene rings is 1. The number of nitro benzene ring substituents is 1. The maximum atomic E-state index is 12.0. The van der Waals surface area contributed by atoms with Crippen molar-refractivity contribution in [3.05, 3.63) is 38.9 Å². The highest BCUT2D eigenvalue weighted by Crippen LogP contribution is 2.24. The Labute approximate surface area is 160 Å². The van der Waals surface area contributed by atoms with E-state index in [4.69, 9.17) is 16.3 Å². The molecule has 10 heteroatoms. The highest BCUT2D eigenvalue weighted by molar-refractivity contribution is 6.32. The van der Waals surface area contributed by atoms with E-state index in [0.29, 0.717) is 19.0 Å². The molecule has 9 nitrogen and oxygen atoms in total. The van der Waals surface area contributed by atoms with Gasteiger partial charge >= 0.3 is 5.97 Å². The number of amides is 2. The maximum absolute atomic E-state index is 12.0. The molecule has 1 aliphatic heterocycles. The molecule has 1 N–H and O–H groups in total. The molecular formula is C17H20ClN3O6. The van der Waals surface area contributed by atoms with Crippen molar-refractivity contribution >= 4 is 35.1 Å². The Bertz CT molecular complexity index is 754. The molecule has 1 unspecified atom stereocenters. The number of nitrogens with zero attached hydrogens (tertiary/aromatic N) is 2. The number of rotatable bonds is 6. The van der Waals surface area contributed by atoms with Crippen molar-refractivity contribution in [2.75, 3.05) is 26.2 Å². The summed E-state index contributed by atoms with van der Waals surface area (Å²) in [7, 11) is 0. The molecule has 1 aliphatic rings. The van der Waals surface area contributed by atoms with Crippen molar-refractivity contribution in [1.82, 2.24) is 10.2 Å². The first-order chi connectivity index (χ1) is 12.8. The fraction of sp³-hybridized carbons (Fsp3) is 0.471. The van der Waals surface area contributed by atoms with Crippen molar-refractivity contribution in [3.63, 3.8) is 0 Å². The minimum Gasteiger partial charge on any atom is -0.454 e. The summed E-state index contributed by atoms with van der Waals surface area (Å²) in [5, 5.41) is 13.0. The van der Waals surface area contributed by atoms with Crippen LogP contribution >= 0.6 is 11.6 Å². The summed E-state index contributed by atoms with van der Waals surface area (Å²) in [6, 6.07) is 3.55. The number of piperidine rings is 1. The lowest BCUT2D eigenvalue weighted by Gasteiger charge is -2.30. The summed E-state index contributed by atoms with van der Waals surface area (Å²) in [4.78, 5) is 47.5. The summed E-state index contributed by atoms with van der Waals surface area (Å²) in [6.07, 6.45) is 1.99. The van der Waals surface area contributed by atoms with Crippen LogP contribution in [0, 0.1) is 16.0 Å². The van der Waals surface area contributed by atoms with Crippen LogP contribution in [-0.4, -0.2) is 53.8 Å². The third kappa shape index (κ3) is 5.92. The van der Waals surface area contributed by atoms with Gasteiger partial charge in [-0.15, -0.1) is 0 Å². The zero-order valence-electron chi connectivity index (χ0n) is 14.8. The minimum atomic E-state index is -0.773. The Hall–Kier alpha value is -2.68. The molecule has 0 aliphatic carbocycles. The second-order valence-corrected chi connectivity index (χ2v) is 6.76. The minimum absolute atomic E-state index is 0.0164. The Morgan fingerprint density at radius 2 is 2.15 bits per heavy atom. The van der Waals surface area contributed by atoms with Crippen molar-refractivity contribution in [2.24, 2.45) is 5.92 Å². The van der Waals surface area contributed by atoms with Crippen LogP contribution in [0.5, 0.6) is 0 Å². The van der Waals surface area contributed by atoms with E-state index >= 15 is 0 Å². The average molecular weight is 398 g/mol. The molecule has 146 valence electrons. The van der Waals surface area contributed by atoms with Gasteiger partial charge in [-0.2, -0.15) is 0 Å². The molecule has 1 atom stereocenters. The fourth-order valence-electron chi connectivity index (χ4n) is 2.75. The van der Waals surface area contributed by atoms with Gasteiger partial charge in [0.25, 0.3) is 17.5 Å². The van der Waals surface area contributed by atoms with Gasteiger partial charge in [-0.3, -0.25) is 24.5 Å². The normalized spacial score (nSPS) is 16.5. The van der Waals surface area contributed by atoms with Crippen molar-refractivity contribution < 1.29 is 24.0 Å². The van der Waals surface area contributed by atoms with Crippen LogP contribution in [0.2, 0.25) is 5.02 Å². The van der Waals surface area contributed by atoms with Crippen molar-refractivity contribution in [2.45, 2.75) is 19.8 Å². The first-order valence-corrected chi connectivity index (χ1v) is 8.81. The molecule has 1 saturated heterocycles. The number of halogens is 1. The van der Waals surface area contributed by atoms with E-state index in [2.05, 4.69) is 12.2 Å². The molecule has 1 heterocycles. The van der Waals surface area contributed by atoms with Crippen LogP contribution in [-0.2, 0) is 14.3 Å². The van der Waals surface area contributed by atoms with Crippen LogP contribution in [0.1, 0.15) is 30.1 Å². The van der Waals surface area contributed by atoms with Gasteiger partial charge in [-0.05, 0) is 30.9 Å². The lowest BCUT2D eigenvalue weighted by molar-refractivity contribution is -0.384.